The predicted octanol–water partition coefficient (Wildman–Crippen LogP) is 3.09. The number of aromatic amines is 1. The van der Waals surface area contributed by atoms with Crippen molar-refractivity contribution in [2.75, 3.05) is 0 Å². The molecule has 4 aromatic rings. The number of hydrogen-bond acceptors (Lipinski definition) is 2. The third-order valence-corrected chi connectivity index (χ3v) is 3.71. The molecular weight excluding hydrogens is 306 g/mol. The van der Waals surface area contributed by atoms with Gasteiger partial charge in [0.2, 0.25) is 5.78 Å². The summed E-state index contributed by atoms with van der Waals surface area (Å²) in [5.74, 6) is 0.570. The minimum atomic E-state index is -0.0567. The molecule has 2 aromatic carbocycles. The summed E-state index contributed by atoms with van der Waals surface area (Å²) < 4.78 is 2.49. The maximum atomic E-state index is 12.6. The molecule has 0 fully saturated rings. The number of halogens is 1. The molecule has 0 aliphatic heterocycles. The Balaban J connectivity index is 2.34. The molecule has 5 heteroatoms. The van der Waals surface area contributed by atoms with E-state index in [1.54, 1.807) is 10.5 Å². The van der Waals surface area contributed by atoms with Crippen LogP contribution in [-0.4, -0.2) is 14.4 Å². The topological polar surface area (TPSA) is 50.2 Å². The largest absolute Gasteiger partial charge is 0.323 e. The first-order chi connectivity index (χ1) is 9.24. The maximum absolute atomic E-state index is 12.6. The Labute approximate surface area is 115 Å². The van der Waals surface area contributed by atoms with E-state index in [9.17, 15) is 4.79 Å². The minimum Gasteiger partial charge on any atom is -0.323 e. The van der Waals surface area contributed by atoms with Crippen LogP contribution in [0.4, 0.5) is 0 Å². The van der Waals surface area contributed by atoms with Gasteiger partial charge in [0.1, 0.15) is 0 Å². The summed E-state index contributed by atoms with van der Waals surface area (Å²) in [4.78, 5) is 20.3. The van der Waals surface area contributed by atoms with E-state index >= 15 is 0 Å². The zero-order chi connectivity index (χ0) is 13.0. The predicted molar refractivity (Wildman–Crippen MR) is 78.5 cm³/mol. The third kappa shape index (κ3) is 1.45. The summed E-state index contributed by atoms with van der Waals surface area (Å²) in [6.07, 6.45) is 0. The molecule has 1 N–H and O–H groups in total. The zero-order valence-corrected chi connectivity index (χ0v) is 11.3. The van der Waals surface area contributed by atoms with Gasteiger partial charge in [-0.1, -0.05) is 28.1 Å². The molecule has 0 bridgehead atoms. The van der Waals surface area contributed by atoms with Crippen LogP contribution in [0.5, 0.6) is 0 Å². The summed E-state index contributed by atoms with van der Waals surface area (Å²) in [5, 5.41) is 0.608. The van der Waals surface area contributed by atoms with E-state index in [-0.39, 0.29) is 5.56 Å². The van der Waals surface area contributed by atoms with Crippen molar-refractivity contribution in [1.82, 2.24) is 14.4 Å². The van der Waals surface area contributed by atoms with Gasteiger partial charge in [-0.15, -0.1) is 0 Å². The summed E-state index contributed by atoms with van der Waals surface area (Å²) in [6.45, 7) is 0. The molecule has 4 rings (SSSR count). The van der Waals surface area contributed by atoms with Gasteiger partial charge >= 0.3 is 0 Å². The SMILES string of the molecule is O=c1c2cc(Br)ccc2nc2[nH]c3ccccc3n12. The number of fused-ring (bicyclic) bond motifs is 4. The first-order valence-electron chi connectivity index (χ1n) is 5.83. The summed E-state index contributed by atoms with van der Waals surface area (Å²) >= 11 is 3.39. The second-order valence-corrected chi connectivity index (χ2v) is 5.30. The van der Waals surface area contributed by atoms with Crippen molar-refractivity contribution in [2.24, 2.45) is 0 Å². The van der Waals surface area contributed by atoms with Crippen LogP contribution < -0.4 is 5.56 Å². The van der Waals surface area contributed by atoms with Gasteiger partial charge in [0.05, 0.1) is 21.9 Å². The van der Waals surface area contributed by atoms with E-state index in [4.69, 9.17) is 0 Å². The van der Waals surface area contributed by atoms with E-state index in [1.807, 2.05) is 36.4 Å². The Morgan fingerprint density at radius 3 is 2.89 bits per heavy atom. The van der Waals surface area contributed by atoms with Crippen LogP contribution >= 0.6 is 15.9 Å². The molecule has 4 nitrogen and oxygen atoms in total. The zero-order valence-electron chi connectivity index (χ0n) is 9.72. The monoisotopic (exact) mass is 313 g/mol. The molecule has 92 valence electrons. The highest BCUT2D eigenvalue weighted by atomic mass is 79.9. The molecule has 0 aliphatic rings. The average Bonchev–Trinajstić information content (AvgIpc) is 2.78. The molecule has 0 atom stereocenters. The van der Waals surface area contributed by atoms with Gasteiger partial charge in [-0.25, -0.2) is 9.38 Å². The Morgan fingerprint density at radius 1 is 1.16 bits per heavy atom. The third-order valence-electron chi connectivity index (χ3n) is 3.22. The van der Waals surface area contributed by atoms with E-state index in [2.05, 4.69) is 25.9 Å². The fraction of sp³-hybridized carbons (Fsp3) is 0. The number of benzene rings is 2. The number of H-pyrrole nitrogens is 1. The van der Waals surface area contributed by atoms with Gasteiger partial charge in [-0.2, -0.15) is 0 Å². The van der Waals surface area contributed by atoms with Crippen molar-refractivity contribution in [3.63, 3.8) is 0 Å². The molecule has 19 heavy (non-hydrogen) atoms. The summed E-state index contributed by atoms with van der Waals surface area (Å²) in [7, 11) is 0. The number of para-hydroxylation sites is 2. The molecule has 0 saturated heterocycles. The molecule has 0 unspecified atom stereocenters. The van der Waals surface area contributed by atoms with Crippen LogP contribution in [0.3, 0.4) is 0 Å². The van der Waals surface area contributed by atoms with Crippen LogP contribution in [0.1, 0.15) is 0 Å². The standard InChI is InChI=1S/C14H8BrN3O/c15-8-5-6-10-9(7-8)13(19)18-12-4-2-1-3-11(12)17-14(18)16-10/h1-7H,(H,16,17). The van der Waals surface area contributed by atoms with Crippen molar-refractivity contribution in [3.8, 4) is 0 Å². The maximum Gasteiger partial charge on any atom is 0.267 e. The first-order valence-corrected chi connectivity index (χ1v) is 6.62. The van der Waals surface area contributed by atoms with E-state index in [0.717, 1.165) is 15.5 Å². The summed E-state index contributed by atoms with van der Waals surface area (Å²) in [5.41, 5.74) is 2.39. The second-order valence-electron chi connectivity index (χ2n) is 4.38. The van der Waals surface area contributed by atoms with Crippen molar-refractivity contribution < 1.29 is 0 Å². The average molecular weight is 314 g/mol. The van der Waals surface area contributed by atoms with Gasteiger partial charge in [-0.05, 0) is 30.3 Å². The van der Waals surface area contributed by atoms with Gasteiger partial charge in [0.15, 0.2) is 0 Å². The number of nitrogens with one attached hydrogen (secondary N) is 1. The molecule has 0 aliphatic carbocycles. The number of hydrogen-bond donors (Lipinski definition) is 1. The number of imidazole rings is 1. The number of rotatable bonds is 0. The lowest BCUT2D eigenvalue weighted by Gasteiger charge is -1.99. The van der Waals surface area contributed by atoms with Crippen molar-refractivity contribution in [1.29, 1.82) is 0 Å². The molecule has 0 saturated carbocycles. The molecule has 2 heterocycles. The lowest BCUT2D eigenvalue weighted by molar-refractivity contribution is 1.12. The molecular formula is C14H8BrN3O. The van der Waals surface area contributed by atoms with Crippen LogP contribution in [-0.2, 0) is 0 Å². The van der Waals surface area contributed by atoms with Gasteiger partial charge in [-0.3, -0.25) is 4.79 Å². The second kappa shape index (κ2) is 3.68. The highest BCUT2D eigenvalue weighted by Gasteiger charge is 2.10. The summed E-state index contributed by atoms with van der Waals surface area (Å²) in [6, 6.07) is 13.2. The Morgan fingerprint density at radius 2 is 2.00 bits per heavy atom. The highest BCUT2D eigenvalue weighted by molar-refractivity contribution is 9.10. The normalized spacial score (nSPS) is 11.6. The Bertz CT molecular complexity index is 1000. The first kappa shape index (κ1) is 10.8. The minimum absolute atomic E-state index is 0.0567. The van der Waals surface area contributed by atoms with Crippen LogP contribution in [0, 0.1) is 0 Å². The molecule has 0 amide bonds. The molecule has 0 radical (unpaired) electrons. The quantitative estimate of drug-likeness (QED) is 0.542. The van der Waals surface area contributed by atoms with Crippen molar-refractivity contribution in [2.45, 2.75) is 0 Å². The van der Waals surface area contributed by atoms with Crippen LogP contribution in [0.15, 0.2) is 51.7 Å². The van der Waals surface area contributed by atoms with E-state index in [1.165, 1.54) is 0 Å². The smallest absolute Gasteiger partial charge is 0.267 e. The lowest BCUT2D eigenvalue weighted by atomic mass is 10.2. The lowest BCUT2D eigenvalue weighted by Crippen LogP contribution is -2.13. The number of nitrogens with zero attached hydrogens (tertiary/aromatic N) is 2. The fourth-order valence-corrected chi connectivity index (χ4v) is 2.72. The van der Waals surface area contributed by atoms with Crippen LogP contribution in [0.25, 0.3) is 27.7 Å². The van der Waals surface area contributed by atoms with E-state index in [0.29, 0.717) is 16.7 Å². The van der Waals surface area contributed by atoms with Gasteiger partial charge in [0, 0.05) is 4.47 Å². The molecule has 0 spiro atoms. The van der Waals surface area contributed by atoms with Crippen LogP contribution in [0.2, 0.25) is 0 Å². The Kier molecular flexibility index (Phi) is 2.08. The van der Waals surface area contributed by atoms with Crippen molar-refractivity contribution >= 4 is 43.6 Å². The van der Waals surface area contributed by atoms with Gasteiger partial charge < -0.3 is 4.98 Å². The van der Waals surface area contributed by atoms with Gasteiger partial charge in [0.25, 0.3) is 5.56 Å². The fourth-order valence-electron chi connectivity index (χ4n) is 2.36. The Hall–Kier alpha value is -2.14. The number of aromatic nitrogens is 3. The molecule has 2 aromatic heterocycles. The van der Waals surface area contributed by atoms with Crippen molar-refractivity contribution in [3.05, 3.63) is 57.3 Å². The highest BCUT2D eigenvalue weighted by Crippen LogP contribution is 2.18. The van der Waals surface area contributed by atoms with E-state index < -0.39 is 0 Å².